The summed E-state index contributed by atoms with van der Waals surface area (Å²) in [5.41, 5.74) is -1.05. The van der Waals surface area contributed by atoms with Gasteiger partial charge in [0.05, 0.1) is 6.61 Å². The second-order valence-electron chi connectivity index (χ2n) is 4.62. The van der Waals surface area contributed by atoms with Crippen molar-refractivity contribution >= 4 is 7.91 Å². The molecular weight excluding hydrogens is 310 g/mol. The molecule has 1 aromatic rings. The van der Waals surface area contributed by atoms with Gasteiger partial charge in [0.15, 0.2) is 0 Å². The molecule has 1 saturated heterocycles. The normalized spacial score (nSPS) is 28.5. The molecule has 0 radical (unpaired) electrons. The van der Waals surface area contributed by atoms with Crippen molar-refractivity contribution in [1.29, 1.82) is 0 Å². The van der Waals surface area contributed by atoms with Gasteiger partial charge in [0.1, 0.15) is 18.4 Å². The summed E-state index contributed by atoms with van der Waals surface area (Å²) >= 11 is 0. The molecule has 1 fully saturated rings. The first-order valence-electron chi connectivity index (χ1n) is 6.00. The lowest BCUT2D eigenvalue weighted by Gasteiger charge is -2.15. The SMILES string of the molecule is Cc1cn([C@H]2C[C@H](OP(=O)(O)F)[C@@H](CO)O2)c(=O)[nH]c1=O. The third-order valence-electron chi connectivity index (χ3n) is 3.08. The molecule has 2 heterocycles. The van der Waals surface area contributed by atoms with Crippen LogP contribution in [0.25, 0.3) is 0 Å². The number of aliphatic hydroxyl groups is 1. The van der Waals surface area contributed by atoms with Crippen molar-refractivity contribution in [3.05, 3.63) is 32.6 Å². The van der Waals surface area contributed by atoms with Gasteiger partial charge >= 0.3 is 13.6 Å². The highest BCUT2D eigenvalue weighted by Crippen LogP contribution is 2.48. The van der Waals surface area contributed by atoms with E-state index in [0.717, 1.165) is 4.57 Å². The topological polar surface area (TPSA) is 131 Å². The maximum absolute atomic E-state index is 12.7. The molecule has 11 heteroatoms. The lowest BCUT2D eigenvalue weighted by molar-refractivity contribution is -0.0443. The Labute approximate surface area is 117 Å². The Bertz CT molecular complexity index is 681. The minimum Gasteiger partial charge on any atom is -0.394 e. The number of aryl methyl sites for hydroxylation is 1. The lowest BCUT2D eigenvalue weighted by atomic mass is 10.2. The van der Waals surface area contributed by atoms with Crippen LogP contribution in [0.2, 0.25) is 0 Å². The molecule has 1 aliphatic rings. The summed E-state index contributed by atoms with van der Waals surface area (Å²) in [5, 5.41) is 9.12. The quantitative estimate of drug-likeness (QED) is 0.641. The van der Waals surface area contributed by atoms with Gasteiger partial charge in [0.2, 0.25) is 0 Å². The Kier molecular flexibility index (Phi) is 4.45. The minimum atomic E-state index is -5.25. The van der Waals surface area contributed by atoms with Crippen molar-refractivity contribution in [2.45, 2.75) is 31.8 Å². The van der Waals surface area contributed by atoms with E-state index in [2.05, 4.69) is 9.51 Å². The molecule has 21 heavy (non-hydrogen) atoms. The lowest BCUT2D eigenvalue weighted by Crippen LogP contribution is -2.33. The molecule has 0 aromatic carbocycles. The maximum Gasteiger partial charge on any atom is 0.510 e. The van der Waals surface area contributed by atoms with E-state index in [0.29, 0.717) is 0 Å². The van der Waals surface area contributed by atoms with Crippen LogP contribution in [0, 0.1) is 6.92 Å². The zero-order valence-corrected chi connectivity index (χ0v) is 11.8. The highest BCUT2D eigenvalue weighted by molar-refractivity contribution is 7.46. The van der Waals surface area contributed by atoms with Gasteiger partial charge in [-0.05, 0) is 6.92 Å². The molecule has 9 nitrogen and oxygen atoms in total. The highest BCUT2D eigenvalue weighted by Gasteiger charge is 2.41. The molecule has 2 rings (SSSR count). The van der Waals surface area contributed by atoms with Gasteiger partial charge in [-0.15, -0.1) is 4.20 Å². The van der Waals surface area contributed by atoms with Crippen molar-refractivity contribution in [2.75, 3.05) is 6.61 Å². The predicted octanol–water partition coefficient (Wildman–Crippen LogP) is -0.420. The summed E-state index contributed by atoms with van der Waals surface area (Å²) in [6.07, 6.45) is -2.10. The number of aromatic nitrogens is 2. The molecule has 1 aromatic heterocycles. The van der Waals surface area contributed by atoms with Gasteiger partial charge in [0, 0.05) is 18.2 Å². The first-order valence-corrected chi connectivity index (χ1v) is 7.47. The summed E-state index contributed by atoms with van der Waals surface area (Å²) in [7, 11) is -5.25. The number of hydrogen-bond donors (Lipinski definition) is 3. The molecule has 118 valence electrons. The Morgan fingerprint density at radius 3 is 2.86 bits per heavy atom. The molecule has 0 amide bonds. The number of halogens is 1. The molecule has 1 aliphatic heterocycles. The van der Waals surface area contributed by atoms with E-state index in [1.807, 2.05) is 0 Å². The number of aliphatic hydroxyl groups excluding tert-OH is 1. The van der Waals surface area contributed by atoms with Crippen LogP contribution in [-0.2, 0) is 13.8 Å². The summed E-state index contributed by atoms with van der Waals surface area (Å²) in [5.74, 6) is 0. The van der Waals surface area contributed by atoms with Crippen LogP contribution in [0.1, 0.15) is 18.2 Å². The van der Waals surface area contributed by atoms with Gasteiger partial charge in [-0.2, -0.15) is 0 Å². The molecule has 4 atom stereocenters. The first-order chi connectivity index (χ1) is 9.71. The summed E-state index contributed by atoms with van der Waals surface area (Å²) in [6.45, 7) is 0.892. The molecule has 0 spiro atoms. The van der Waals surface area contributed by atoms with Gasteiger partial charge < -0.3 is 9.84 Å². The number of hydrogen-bond acceptors (Lipinski definition) is 6. The van der Waals surface area contributed by atoms with Gasteiger partial charge in [-0.25, -0.2) is 9.36 Å². The number of ether oxygens (including phenoxy) is 1. The van der Waals surface area contributed by atoms with Crippen LogP contribution in [-0.4, -0.2) is 38.4 Å². The average molecular weight is 324 g/mol. The summed E-state index contributed by atoms with van der Waals surface area (Å²) < 4.78 is 34.0. The third kappa shape index (κ3) is 3.66. The van der Waals surface area contributed by atoms with Gasteiger partial charge in [-0.1, -0.05) is 0 Å². The number of H-pyrrole nitrogens is 1. The van der Waals surface area contributed by atoms with Gasteiger partial charge in [0.25, 0.3) is 5.56 Å². The standard InChI is InChI=1S/C10H14FN2O7P/c1-5-3-13(10(16)12-9(5)15)8-2-6(7(4-14)19-8)20-21(11,17)18/h3,6-8,14H,2,4H2,1H3,(H,17,18)(H,12,15,16)/t6-,7+,8+/m0/s1. The molecule has 0 bridgehead atoms. The molecular formula is C10H14FN2O7P. The van der Waals surface area contributed by atoms with Crippen LogP contribution >= 0.6 is 7.91 Å². The van der Waals surface area contributed by atoms with Crippen molar-refractivity contribution in [3.8, 4) is 0 Å². The Morgan fingerprint density at radius 1 is 1.62 bits per heavy atom. The van der Waals surface area contributed by atoms with Crippen LogP contribution < -0.4 is 11.2 Å². The summed E-state index contributed by atoms with van der Waals surface area (Å²) in [4.78, 5) is 33.7. The predicted molar refractivity (Wildman–Crippen MR) is 67.5 cm³/mol. The molecule has 0 saturated carbocycles. The Hall–Kier alpha value is -1.32. The number of nitrogens with one attached hydrogen (secondary N) is 1. The van der Waals surface area contributed by atoms with E-state index >= 15 is 0 Å². The van der Waals surface area contributed by atoms with E-state index in [1.165, 1.54) is 13.1 Å². The average Bonchev–Trinajstić information content (AvgIpc) is 2.74. The Balaban J connectivity index is 2.27. The zero-order chi connectivity index (χ0) is 15.8. The number of aromatic amines is 1. The fourth-order valence-corrected chi connectivity index (χ4v) is 2.67. The van der Waals surface area contributed by atoms with Crippen LogP contribution in [0.3, 0.4) is 0 Å². The third-order valence-corrected chi connectivity index (χ3v) is 3.61. The van der Waals surface area contributed by atoms with Crippen LogP contribution in [0.5, 0.6) is 0 Å². The van der Waals surface area contributed by atoms with Crippen molar-refractivity contribution in [3.63, 3.8) is 0 Å². The fourth-order valence-electron chi connectivity index (χ4n) is 2.11. The van der Waals surface area contributed by atoms with Crippen molar-refractivity contribution in [1.82, 2.24) is 9.55 Å². The molecule has 1 unspecified atom stereocenters. The minimum absolute atomic E-state index is 0.134. The maximum atomic E-state index is 12.7. The molecule has 3 N–H and O–H groups in total. The second-order valence-corrected chi connectivity index (χ2v) is 5.74. The number of rotatable bonds is 4. The highest BCUT2D eigenvalue weighted by atomic mass is 31.2. The molecule has 0 aliphatic carbocycles. The van der Waals surface area contributed by atoms with E-state index in [9.17, 15) is 18.4 Å². The fraction of sp³-hybridized carbons (Fsp3) is 0.600. The van der Waals surface area contributed by atoms with Crippen molar-refractivity contribution in [2.24, 2.45) is 0 Å². The van der Waals surface area contributed by atoms with E-state index in [4.69, 9.17) is 14.7 Å². The van der Waals surface area contributed by atoms with E-state index in [-0.39, 0.29) is 12.0 Å². The monoisotopic (exact) mass is 324 g/mol. The van der Waals surface area contributed by atoms with Crippen LogP contribution in [0.4, 0.5) is 4.20 Å². The van der Waals surface area contributed by atoms with E-state index < -0.39 is 44.2 Å². The Morgan fingerprint density at radius 2 is 2.29 bits per heavy atom. The largest absolute Gasteiger partial charge is 0.510 e. The summed E-state index contributed by atoms with van der Waals surface area (Å²) in [6, 6.07) is 0. The van der Waals surface area contributed by atoms with Gasteiger partial charge in [-0.3, -0.25) is 23.8 Å². The van der Waals surface area contributed by atoms with E-state index in [1.54, 1.807) is 0 Å². The number of nitrogens with zero attached hydrogens (tertiary/aromatic N) is 1. The smallest absolute Gasteiger partial charge is 0.394 e. The first kappa shape index (κ1) is 16.1. The zero-order valence-electron chi connectivity index (χ0n) is 10.9. The van der Waals surface area contributed by atoms with Crippen molar-refractivity contribution < 1.29 is 28.0 Å². The second kappa shape index (κ2) is 5.82. The van der Waals surface area contributed by atoms with Crippen LogP contribution in [0.15, 0.2) is 15.8 Å².